The molecule has 0 unspecified atom stereocenters. The number of azo groups is 1. The fraction of sp³-hybridized carbons (Fsp3) is 0.200. The maximum Gasteiger partial charge on any atom is 0.260 e. The van der Waals surface area contributed by atoms with E-state index >= 15 is 9.59 Å². The van der Waals surface area contributed by atoms with Gasteiger partial charge in [-0.05, 0) is 126 Å². The van der Waals surface area contributed by atoms with Crippen LogP contribution in [0, 0.1) is 29.5 Å². The number of aromatic hydroxyl groups is 1. The summed E-state index contributed by atoms with van der Waals surface area (Å²) in [6, 6.07) is 37.4. The minimum atomic E-state index is -1.66. The molecule has 0 bridgehead atoms. The summed E-state index contributed by atoms with van der Waals surface area (Å²) in [7, 11) is 3.91. The van der Waals surface area contributed by atoms with Crippen LogP contribution in [0.2, 0.25) is 5.02 Å². The highest BCUT2D eigenvalue weighted by Crippen LogP contribution is 2.65. The zero-order valence-electron chi connectivity index (χ0n) is 34.2. The zero-order chi connectivity index (χ0) is 43.7. The number of allylic oxidation sites excluding steroid dienone is 2. The molecule has 4 amide bonds. The van der Waals surface area contributed by atoms with Gasteiger partial charge in [-0.2, -0.15) is 15.2 Å². The number of carbonyl (C=O) groups excluding carboxylic acids is 4. The lowest BCUT2D eigenvalue weighted by molar-refractivity contribution is -0.138. The summed E-state index contributed by atoms with van der Waals surface area (Å²) in [6.45, 7) is 0. The molecule has 6 aromatic rings. The van der Waals surface area contributed by atoms with Crippen LogP contribution < -0.4 is 15.2 Å². The predicted molar refractivity (Wildman–Crippen MR) is 239 cm³/mol. The van der Waals surface area contributed by atoms with Crippen molar-refractivity contribution in [2.45, 2.75) is 24.2 Å². The Bertz CT molecular complexity index is 2900. The van der Waals surface area contributed by atoms with Crippen molar-refractivity contribution in [3.8, 4) is 5.75 Å². The number of amides is 4. The number of nitrogens with zero attached hydrogens (tertiary/aromatic N) is 5. The van der Waals surface area contributed by atoms with Gasteiger partial charge in [-0.15, -0.1) is 0 Å². The third kappa shape index (κ3) is 6.38. The standard InChI is InChI=1S/C50H40ClFN6O5/c1-56(2)35-20-16-32(17-21-35)53-54-33-18-22-36(23-19-33)57-46(60)39-25-24-38-40(43(39)48(57)62)27-41-47(61)58(55-34-14-12-31(52)13-15-34)49(63)50(41,29-8-10-30(51)11-9-29)45(38)44-37-6-4-3-5-28(37)7-26-42(44)59/h3-24,26,39-41,43,45,55,59H,25,27H2,1-2H3/t39-,40+,41-,43-,45+,50+/m0/s1. The Morgan fingerprint density at radius 1 is 0.762 bits per heavy atom. The molecular formula is C50H40ClFN6O5. The van der Waals surface area contributed by atoms with E-state index in [1.807, 2.05) is 73.6 Å². The smallest absolute Gasteiger partial charge is 0.260 e. The molecule has 0 spiro atoms. The number of rotatable bonds is 8. The number of phenolic OH excluding ortho intramolecular Hbond substituents is 1. The molecule has 2 aliphatic heterocycles. The van der Waals surface area contributed by atoms with Gasteiger partial charge in [0.25, 0.3) is 11.8 Å². The Hall–Kier alpha value is -7.18. The Balaban J connectivity index is 1.08. The van der Waals surface area contributed by atoms with Crippen LogP contribution in [0.4, 0.5) is 32.8 Å². The molecule has 2 saturated heterocycles. The molecule has 10 rings (SSSR count). The summed E-state index contributed by atoms with van der Waals surface area (Å²) in [5.74, 6) is -6.82. The Labute approximate surface area is 367 Å². The highest BCUT2D eigenvalue weighted by molar-refractivity contribution is 6.30. The van der Waals surface area contributed by atoms with Crippen LogP contribution in [-0.4, -0.2) is 47.8 Å². The quantitative estimate of drug-likeness (QED) is 0.0884. The van der Waals surface area contributed by atoms with E-state index in [1.54, 1.807) is 60.7 Å². The minimum absolute atomic E-state index is 0.0472. The molecule has 314 valence electrons. The van der Waals surface area contributed by atoms with E-state index in [4.69, 9.17) is 11.6 Å². The molecular weight excluding hydrogens is 819 g/mol. The SMILES string of the molecule is CN(C)c1ccc(N=Nc2ccc(N3C(=O)[C@H]4[C@H](CC=C5[C@H]4C[C@H]4C(=O)N(Nc6ccc(F)cc6)C(=O)[C@@]4(c4ccc(Cl)cc4)[C@H]5c4c(O)ccc5ccccc45)C3=O)cc2)cc1. The van der Waals surface area contributed by atoms with Gasteiger partial charge < -0.3 is 10.0 Å². The van der Waals surface area contributed by atoms with Gasteiger partial charge in [-0.3, -0.25) is 29.5 Å². The number of hydrogen-bond acceptors (Lipinski definition) is 9. The first-order valence-electron chi connectivity index (χ1n) is 20.7. The first kappa shape index (κ1) is 39.9. The molecule has 11 nitrogen and oxygen atoms in total. The number of halogens is 2. The molecule has 2 aliphatic carbocycles. The number of benzene rings is 6. The number of hydrogen-bond donors (Lipinski definition) is 2. The maximum atomic E-state index is 15.6. The number of nitrogens with one attached hydrogen (secondary N) is 1. The number of carbonyl (C=O) groups is 4. The average Bonchev–Trinajstić information content (AvgIpc) is 3.67. The van der Waals surface area contributed by atoms with E-state index in [-0.39, 0.29) is 24.5 Å². The van der Waals surface area contributed by atoms with E-state index in [2.05, 4.69) is 15.7 Å². The van der Waals surface area contributed by atoms with Crippen molar-refractivity contribution >= 4 is 74.4 Å². The van der Waals surface area contributed by atoms with Gasteiger partial charge in [0.1, 0.15) is 11.6 Å². The molecule has 2 N–H and O–H groups in total. The second-order valence-electron chi connectivity index (χ2n) is 16.7. The summed E-state index contributed by atoms with van der Waals surface area (Å²) in [5.41, 5.74) is 5.85. The van der Waals surface area contributed by atoms with Crippen molar-refractivity contribution in [1.82, 2.24) is 5.01 Å². The average molecular weight is 859 g/mol. The monoisotopic (exact) mass is 858 g/mol. The van der Waals surface area contributed by atoms with Crippen molar-refractivity contribution in [1.29, 1.82) is 0 Å². The summed E-state index contributed by atoms with van der Waals surface area (Å²) >= 11 is 6.45. The van der Waals surface area contributed by atoms with Gasteiger partial charge in [0, 0.05) is 36.3 Å². The molecule has 3 fully saturated rings. The summed E-state index contributed by atoms with van der Waals surface area (Å²) in [5, 5.41) is 23.6. The van der Waals surface area contributed by atoms with Gasteiger partial charge in [0.05, 0.1) is 45.9 Å². The van der Waals surface area contributed by atoms with Crippen molar-refractivity contribution in [2.75, 3.05) is 29.3 Å². The second-order valence-corrected chi connectivity index (χ2v) is 17.2. The highest BCUT2D eigenvalue weighted by Gasteiger charge is 2.71. The molecule has 63 heavy (non-hydrogen) atoms. The number of fused-ring (bicyclic) bond motifs is 5. The van der Waals surface area contributed by atoms with Crippen molar-refractivity contribution < 1.29 is 28.7 Å². The fourth-order valence-electron chi connectivity index (χ4n) is 10.4. The van der Waals surface area contributed by atoms with Gasteiger partial charge in [0.2, 0.25) is 11.8 Å². The van der Waals surface area contributed by atoms with Crippen LogP contribution in [0.1, 0.15) is 29.9 Å². The van der Waals surface area contributed by atoms with Crippen LogP contribution >= 0.6 is 11.6 Å². The number of hydrazine groups is 1. The molecule has 0 aromatic heterocycles. The Morgan fingerprint density at radius 2 is 1.43 bits per heavy atom. The van der Waals surface area contributed by atoms with Crippen LogP contribution in [0.3, 0.4) is 0 Å². The number of anilines is 3. The van der Waals surface area contributed by atoms with Gasteiger partial charge in [-0.1, -0.05) is 65.7 Å². The number of phenols is 1. The lowest BCUT2D eigenvalue weighted by Gasteiger charge is -2.51. The molecule has 1 saturated carbocycles. The summed E-state index contributed by atoms with van der Waals surface area (Å²) < 4.78 is 14.0. The molecule has 6 atom stereocenters. The van der Waals surface area contributed by atoms with Crippen LogP contribution in [0.15, 0.2) is 155 Å². The van der Waals surface area contributed by atoms with E-state index in [1.165, 1.54) is 29.2 Å². The van der Waals surface area contributed by atoms with E-state index < -0.39 is 58.5 Å². The van der Waals surface area contributed by atoms with Crippen LogP contribution in [0.25, 0.3) is 10.8 Å². The number of imide groups is 2. The highest BCUT2D eigenvalue weighted by atomic mass is 35.5. The third-order valence-corrected chi connectivity index (χ3v) is 13.5. The summed E-state index contributed by atoms with van der Waals surface area (Å²) in [6.07, 6.45) is 2.19. The summed E-state index contributed by atoms with van der Waals surface area (Å²) in [4.78, 5) is 63.2. The largest absolute Gasteiger partial charge is 0.508 e. The van der Waals surface area contributed by atoms with Gasteiger partial charge in [-0.25, -0.2) is 4.39 Å². The van der Waals surface area contributed by atoms with E-state index in [9.17, 15) is 19.1 Å². The molecule has 0 radical (unpaired) electrons. The normalized spacial score (nSPS) is 24.1. The van der Waals surface area contributed by atoms with E-state index in [0.717, 1.165) is 16.1 Å². The topological polar surface area (TPSA) is 135 Å². The first-order valence-corrected chi connectivity index (χ1v) is 21.1. The molecule has 2 heterocycles. The lowest BCUT2D eigenvalue weighted by atomic mass is 9.48. The van der Waals surface area contributed by atoms with Crippen molar-refractivity contribution in [2.24, 2.45) is 33.9 Å². The van der Waals surface area contributed by atoms with Crippen molar-refractivity contribution in [3.63, 3.8) is 0 Å². The molecule has 6 aromatic carbocycles. The lowest BCUT2D eigenvalue weighted by Crippen LogP contribution is -2.53. The molecule has 13 heteroatoms. The van der Waals surface area contributed by atoms with E-state index in [0.29, 0.717) is 49.9 Å². The fourth-order valence-corrected chi connectivity index (χ4v) is 10.5. The molecule has 4 aliphatic rings. The van der Waals surface area contributed by atoms with Gasteiger partial charge in [0.15, 0.2) is 0 Å². The van der Waals surface area contributed by atoms with Gasteiger partial charge >= 0.3 is 0 Å². The van der Waals surface area contributed by atoms with Crippen LogP contribution in [-0.2, 0) is 24.6 Å². The predicted octanol–water partition coefficient (Wildman–Crippen LogP) is 10.0. The maximum absolute atomic E-state index is 15.6. The Morgan fingerprint density at radius 3 is 2.11 bits per heavy atom. The Kier molecular flexibility index (Phi) is 9.71. The zero-order valence-corrected chi connectivity index (χ0v) is 34.9. The minimum Gasteiger partial charge on any atom is -0.508 e. The third-order valence-electron chi connectivity index (χ3n) is 13.2. The van der Waals surface area contributed by atoms with Crippen molar-refractivity contribution in [3.05, 3.63) is 167 Å². The second kappa shape index (κ2) is 15.3. The first-order chi connectivity index (χ1) is 30.4. The van der Waals surface area contributed by atoms with Crippen LogP contribution in [0.5, 0.6) is 5.75 Å².